The summed E-state index contributed by atoms with van der Waals surface area (Å²) in [6.45, 7) is 2.06. The number of carbonyl (C=O) groups excluding carboxylic acids is 1. The van der Waals surface area contributed by atoms with E-state index < -0.39 is 16.1 Å². The molecule has 0 spiro atoms. The lowest BCUT2D eigenvalue weighted by Gasteiger charge is -2.20. The molecule has 0 aromatic rings. The van der Waals surface area contributed by atoms with Crippen molar-refractivity contribution in [2.75, 3.05) is 39.1 Å². The van der Waals surface area contributed by atoms with Crippen LogP contribution >= 0.6 is 0 Å². The fraction of sp³-hybridized carbons (Fsp3) is 0.818. The smallest absolute Gasteiger partial charge is 0.241 e. The molecule has 1 aliphatic rings. The van der Waals surface area contributed by atoms with E-state index in [0.29, 0.717) is 0 Å². The van der Waals surface area contributed by atoms with Gasteiger partial charge >= 0.3 is 0 Å². The van der Waals surface area contributed by atoms with E-state index in [1.54, 1.807) is 4.90 Å². The molecule has 0 unspecified atom stereocenters. The number of nitrogens with two attached hydrogens (primary N) is 1. The van der Waals surface area contributed by atoms with Crippen LogP contribution in [-0.2, 0) is 19.6 Å². The molecule has 10 heteroatoms. The first-order chi connectivity index (χ1) is 9.79. The van der Waals surface area contributed by atoms with Gasteiger partial charge in [0.1, 0.15) is 6.04 Å². The third kappa shape index (κ3) is 7.25. The largest absolute Gasteiger partial charge is 0.377 e. The molecular weight excluding hydrogens is 298 g/mol. The predicted octanol–water partition coefficient (Wildman–Crippen LogP) is -1.97. The molecule has 1 saturated heterocycles. The standard InChI is InChI=1S/C11H23N5O4S/c1-21(18,19)15-11(13)14-4-7-20-8-9(12)10(17)16-5-2-3-6-16/h9H,2-8,12H2,1H3,(H3,13,14,15)/t9-/m0/s1. The van der Waals surface area contributed by atoms with Crippen LogP contribution in [0.1, 0.15) is 12.8 Å². The highest BCUT2D eigenvalue weighted by Crippen LogP contribution is 2.08. The number of ether oxygens (including phenoxy) is 1. The summed E-state index contributed by atoms with van der Waals surface area (Å²) >= 11 is 0. The van der Waals surface area contributed by atoms with E-state index in [-0.39, 0.29) is 31.6 Å². The molecular formula is C11H23N5O4S. The third-order valence-electron chi connectivity index (χ3n) is 2.87. The van der Waals surface area contributed by atoms with Gasteiger partial charge in [-0.05, 0) is 12.8 Å². The highest BCUT2D eigenvalue weighted by Gasteiger charge is 2.23. The van der Waals surface area contributed by atoms with E-state index in [1.165, 1.54) is 0 Å². The highest BCUT2D eigenvalue weighted by atomic mass is 32.2. The average molecular weight is 321 g/mol. The minimum Gasteiger partial charge on any atom is -0.377 e. The first-order valence-electron chi connectivity index (χ1n) is 6.72. The van der Waals surface area contributed by atoms with Crippen LogP contribution in [0.25, 0.3) is 0 Å². The van der Waals surface area contributed by atoms with Gasteiger partial charge in [0, 0.05) is 19.6 Å². The second kappa shape index (κ2) is 8.15. The Morgan fingerprint density at radius 2 is 2.05 bits per heavy atom. The number of carbonyl (C=O) groups is 1. The maximum atomic E-state index is 11.9. The zero-order valence-corrected chi connectivity index (χ0v) is 12.9. The molecule has 0 aromatic heterocycles. The molecule has 1 heterocycles. The zero-order chi connectivity index (χ0) is 15.9. The van der Waals surface area contributed by atoms with Gasteiger partial charge in [0.05, 0.1) is 19.5 Å². The fourth-order valence-electron chi connectivity index (χ4n) is 1.92. The minimum atomic E-state index is -3.45. The third-order valence-corrected chi connectivity index (χ3v) is 3.44. The molecule has 1 rings (SSSR count). The van der Waals surface area contributed by atoms with Crippen molar-refractivity contribution in [3.05, 3.63) is 0 Å². The number of amides is 1. The number of guanidine groups is 1. The minimum absolute atomic E-state index is 0.101. The number of nitrogens with one attached hydrogen (secondary N) is 3. The molecule has 21 heavy (non-hydrogen) atoms. The van der Waals surface area contributed by atoms with Crippen LogP contribution in [0.2, 0.25) is 0 Å². The summed E-state index contributed by atoms with van der Waals surface area (Å²) in [5.41, 5.74) is 5.75. The van der Waals surface area contributed by atoms with Gasteiger partial charge < -0.3 is 20.7 Å². The van der Waals surface area contributed by atoms with E-state index in [9.17, 15) is 13.2 Å². The Balaban J connectivity index is 2.10. The Hall–Kier alpha value is -1.39. The Morgan fingerprint density at radius 1 is 1.43 bits per heavy atom. The van der Waals surface area contributed by atoms with Crippen molar-refractivity contribution in [3.8, 4) is 0 Å². The number of rotatable bonds is 7. The summed E-state index contributed by atoms with van der Waals surface area (Å²) in [6, 6.07) is -0.684. The molecule has 1 aliphatic heterocycles. The number of nitrogens with zero attached hydrogens (tertiary/aromatic N) is 1. The van der Waals surface area contributed by atoms with Crippen LogP contribution < -0.4 is 15.8 Å². The Morgan fingerprint density at radius 3 is 2.62 bits per heavy atom. The van der Waals surface area contributed by atoms with Crippen molar-refractivity contribution in [3.63, 3.8) is 0 Å². The van der Waals surface area contributed by atoms with Gasteiger partial charge in [0.2, 0.25) is 21.9 Å². The van der Waals surface area contributed by atoms with Gasteiger partial charge in [-0.25, -0.2) is 8.42 Å². The van der Waals surface area contributed by atoms with Crippen molar-refractivity contribution in [1.29, 1.82) is 5.41 Å². The van der Waals surface area contributed by atoms with Crippen LogP contribution in [-0.4, -0.2) is 70.3 Å². The van der Waals surface area contributed by atoms with Crippen molar-refractivity contribution in [2.45, 2.75) is 18.9 Å². The first kappa shape index (κ1) is 17.7. The molecule has 0 radical (unpaired) electrons. The molecule has 0 aliphatic carbocycles. The number of likely N-dealkylation sites (tertiary alicyclic amines) is 1. The number of hydrogen-bond acceptors (Lipinski definition) is 6. The van der Waals surface area contributed by atoms with Crippen LogP contribution in [0.5, 0.6) is 0 Å². The molecule has 1 atom stereocenters. The average Bonchev–Trinajstić information content (AvgIpc) is 2.88. The lowest BCUT2D eigenvalue weighted by molar-refractivity contribution is -0.132. The van der Waals surface area contributed by atoms with E-state index in [0.717, 1.165) is 32.2 Å². The second-order valence-corrected chi connectivity index (χ2v) is 6.64. The predicted molar refractivity (Wildman–Crippen MR) is 78.3 cm³/mol. The Labute approximate surface area is 124 Å². The van der Waals surface area contributed by atoms with Crippen molar-refractivity contribution >= 4 is 21.9 Å². The van der Waals surface area contributed by atoms with Crippen LogP contribution in [0.3, 0.4) is 0 Å². The normalized spacial score (nSPS) is 16.6. The van der Waals surface area contributed by atoms with Crippen LogP contribution in [0, 0.1) is 5.41 Å². The topological polar surface area (TPSA) is 138 Å². The van der Waals surface area contributed by atoms with Crippen LogP contribution in [0.4, 0.5) is 0 Å². The number of hydrogen-bond donors (Lipinski definition) is 4. The maximum absolute atomic E-state index is 11.9. The lowest BCUT2D eigenvalue weighted by atomic mass is 10.3. The summed E-state index contributed by atoms with van der Waals surface area (Å²) in [4.78, 5) is 13.6. The van der Waals surface area contributed by atoms with Gasteiger partial charge in [-0.15, -0.1) is 0 Å². The summed E-state index contributed by atoms with van der Waals surface area (Å²) in [7, 11) is -3.45. The summed E-state index contributed by atoms with van der Waals surface area (Å²) in [5, 5.41) is 9.83. The molecule has 1 fully saturated rings. The molecule has 0 bridgehead atoms. The van der Waals surface area contributed by atoms with E-state index in [1.807, 2.05) is 4.72 Å². The Kier molecular flexibility index (Phi) is 6.85. The molecule has 5 N–H and O–H groups in total. The fourth-order valence-corrected chi connectivity index (χ4v) is 2.37. The van der Waals surface area contributed by atoms with Gasteiger partial charge in [-0.2, -0.15) is 0 Å². The van der Waals surface area contributed by atoms with Crippen molar-refractivity contribution in [1.82, 2.24) is 14.9 Å². The maximum Gasteiger partial charge on any atom is 0.241 e. The van der Waals surface area contributed by atoms with Gasteiger partial charge in [-0.3, -0.25) is 14.9 Å². The van der Waals surface area contributed by atoms with Crippen molar-refractivity contribution in [2.24, 2.45) is 5.73 Å². The van der Waals surface area contributed by atoms with Gasteiger partial charge in [0.15, 0.2) is 0 Å². The molecule has 1 amide bonds. The lowest BCUT2D eigenvalue weighted by Crippen LogP contribution is -2.45. The van der Waals surface area contributed by atoms with Crippen molar-refractivity contribution < 1.29 is 17.9 Å². The molecule has 0 saturated carbocycles. The zero-order valence-electron chi connectivity index (χ0n) is 12.1. The quantitative estimate of drug-likeness (QED) is 0.244. The summed E-state index contributed by atoms with van der Waals surface area (Å²) in [6.07, 6.45) is 2.99. The van der Waals surface area contributed by atoms with Crippen LogP contribution in [0.15, 0.2) is 0 Å². The number of sulfonamides is 1. The monoisotopic (exact) mass is 321 g/mol. The van der Waals surface area contributed by atoms with Gasteiger partial charge in [-0.1, -0.05) is 0 Å². The Bertz CT molecular complexity index is 461. The van der Waals surface area contributed by atoms with E-state index in [4.69, 9.17) is 15.9 Å². The summed E-state index contributed by atoms with van der Waals surface area (Å²) in [5.74, 6) is -0.425. The molecule has 0 aromatic carbocycles. The molecule has 9 nitrogen and oxygen atoms in total. The second-order valence-electron chi connectivity index (χ2n) is 4.89. The summed E-state index contributed by atoms with van der Waals surface area (Å²) < 4.78 is 28.9. The van der Waals surface area contributed by atoms with Gasteiger partial charge in [0.25, 0.3) is 0 Å². The molecule has 122 valence electrons. The SMILES string of the molecule is CS(=O)(=O)NC(=N)NCCOC[C@H](N)C(=O)N1CCCC1. The van der Waals surface area contributed by atoms with E-state index >= 15 is 0 Å². The highest BCUT2D eigenvalue weighted by molar-refractivity contribution is 7.89. The first-order valence-corrected chi connectivity index (χ1v) is 8.61. The van der Waals surface area contributed by atoms with E-state index in [2.05, 4.69) is 5.32 Å².